The second kappa shape index (κ2) is 5.61. The number of carbonyl (C=O) groups excluding carboxylic acids is 1. The maximum absolute atomic E-state index is 12.6. The van der Waals surface area contributed by atoms with Gasteiger partial charge in [-0.15, -0.1) is 0 Å². The summed E-state index contributed by atoms with van der Waals surface area (Å²) in [4.78, 5) is 11.5. The molecule has 1 aromatic carbocycles. The van der Waals surface area contributed by atoms with Crippen LogP contribution < -0.4 is 11.1 Å². The van der Waals surface area contributed by atoms with Crippen LogP contribution in [-0.4, -0.2) is 17.6 Å². The molecule has 0 saturated carbocycles. The SMILES string of the molecule is CCc1ccccc1CNC(=O)C(C)(N)C(F)(F)F. The number of amides is 1. The van der Waals surface area contributed by atoms with Crippen molar-refractivity contribution in [3.05, 3.63) is 35.4 Å². The predicted molar refractivity (Wildman–Crippen MR) is 66.3 cm³/mol. The van der Waals surface area contributed by atoms with E-state index in [0.717, 1.165) is 17.5 Å². The molecule has 1 atom stereocenters. The maximum atomic E-state index is 12.6. The summed E-state index contributed by atoms with van der Waals surface area (Å²) in [6, 6.07) is 7.24. The molecule has 0 spiro atoms. The van der Waals surface area contributed by atoms with E-state index in [1.165, 1.54) is 0 Å². The molecule has 1 unspecified atom stereocenters. The van der Waals surface area contributed by atoms with Crippen LogP contribution in [0.25, 0.3) is 0 Å². The zero-order valence-corrected chi connectivity index (χ0v) is 10.8. The molecule has 0 radical (unpaired) electrons. The Morgan fingerprint density at radius 1 is 1.26 bits per heavy atom. The Kier molecular flexibility index (Phi) is 4.57. The molecule has 0 aliphatic rings. The van der Waals surface area contributed by atoms with Crippen molar-refractivity contribution in [1.82, 2.24) is 5.32 Å². The number of halogens is 3. The summed E-state index contributed by atoms with van der Waals surface area (Å²) in [7, 11) is 0. The van der Waals surface area contributed by atoms with Crippen LogP contribution in [0.3, 0.4) is 0 Å². The van der Waals surface area contributed by atoms with Crippen molar-refractivity contribution in [3.63, 3.8) is 0 Å². The Morgan fingerprint density at radius 3 is 2.26 bits per heavy atom. The van der Waals surface area contributed by atoms with Crippen molar-refractivity contribution in [1.29, 1.82) is 0 Å². The Labute approximate surface area is 110 Å². The minimum Gasteiger partial charge on any atom is -0.350 e. The summed E-state index contributed by atoms with van der Waals surface area (Å²) in [5, 5.41) is 2.24. The number of benzene rings is 1. The lowest BCUT2D eigenvalue weighted by atomic mass is 10.0. The summed E-state index contributed by atoms with van der Waals surface area (Å²) in [5.41, 5.74) is 3.92. The quantitative estimate of drug-likeness (QED) is 0.884. The molecule has 0 heterocycles. The topological polar surface area (TPSA) is 55.1 Å². The van der Waals surface area contributed by atoms with Crippen molar-refractivity contribution in [2.24, 2.45) is 5.73 Å². The van der Waals surface area contributed by atoms with Gasteiger partial charge in [-0.3, -0.25) is 4.79 Å². The Balaban J connectivity index is 2.75. The highest BCUT2D eigenvalue weighted by atomic mass is 19.4. The largest absolute Gasteiger partial charge is 0.415 e. The fraction of sp³-hybridized carbons (Fsp3) is 0.462. The number of hydrogen-bond donors (Lipinski definition) is 2. The number of aryl methyl sites for hydroxylation is 1. The first-order valence-electron chi connectivity index (χ1n) is 5.90. The molecule has 106 valence electrons. The van der Waals surface area contributed by atoms with E-state index in [1.54, 1.807) is 12.1 Å². The van der Waals surface area contributed by atoms with Crippen molar-refractivity contribution in [3.8, 4) is 0 Å². The number of alkyl halides is 3. The lowest BCUT2D eigenvalue weighted by Gasteiger charge is -2.26. The molecule has 0 bridgehead atoms. The van der Waals surface area contributed by atoms with Gasteiger partial charge in [0.25, 0.3) is 0 Å². The van der Waals surface area contributed by atoms with Gasteiger partial charge in [0.15, 0.2) is 5.54 Å². The van der Waals surface area contributed by atoms with Crippen molar-refractivity contribution in [2.45, 2.75) is 38.5 Å². The first kappa shape index (κ1) is 15.5. The molecule has 1 amide bonds. The van der Waals surface area contributed by atoms with Crippen LogP contribution in [0.5, 0.6) is 0 Å². The van der Waals surface area contributed by atoms with Gasteiger partial charge >= 0.3 is 6.18 Å². The van der Waals surface area contributed by atoms with E-state index in [2.05, 4.69) is 5.32 Å². The van der Waals surface area contributed by atoms with Gasteiger partial charge in [-0.25, -0.2) is 0 Å². The first-order chi connectivity index (χ1) is 8.70. The van der Waals surface area contributed by atoms with E-state index in [1.807, 2.05) is 19.1 Å². The average molecular weight is 274 g/mol. The Bertz CT molecular complexity index is 455. The Hall–Kier alpha value is -1.56. The fourth-order valence-electron chi connectivity index (χ4n) is 1.56. The van der Waals surface area contributed by atoms with Gasteiger partial charge in [0.1, 0.15) is 0 Å². The number of hydrogen-bond acceptors (Lipinski definition) is 2. The minimum absolute atomic E-state index is 0.0334. The normalized spacial score (nSPS) is 14.8. The monoisotopic (exact) mass is 274 g/mol. The van der Waals surface area contributed by atoms with Crippen LogP contribution in [0.1, 0.15) is 25.0 Å². The molecule has 3 N–H and O–H groups in total. The van der Waals surface area contributed by atoms with Crippen molar-refractivity contribution >= 4 is 5.91 Å². The highest BCUT2D eigenvalue weighted by molar-refractivity contribution is 5.86. The second-order valence-electron chi connectivity index (χ2n) is 4.51. The molecule has 1 rings (SSSR count). The Morgan fingerprint density at radius 2 is 1.79 bits per heavy atom. The maximum Gasteiger partial charge on any atom is 0.415 e. The predicted octanol–water partition coefficient (Wildman–Crippen LogP) is 2.14. The van der Waals surface area contributed by atoms with Crippen LogP contribution in [0.4, 0.5) is 13.2 Å². The van der Waals surface area contributed by atoms with E-state index < -0.39 is 17.6 Å². The third kappa shape index (κ3) is 3.47. The fourth-order valence-corrected chi connectivity index (χ4v) is 1.56. The smallest absolute Gasteiger partial charge is 0.350 e. The average Bonchev–Trinajstić information content (AvgIpc) is 2.34. The van der Waals surface area contributed by atoms with E-state index >= 15 is 0 Å². The summed E-state index contributed by atoms with van der Waals surface area (Å²) in [5.74, 6) is -1.23. The van der Waals surface area contributed by atoms with Gasteiger partial charge in [0.2, 0.25) is 5.91 Å². The molecule has 1 aromatic rings. The molecular weight excluding hydrogens is 257 g/mol. The van der Waals surface area contributed by atoms with E-state index in [0.29, 0.717) is 6.92 Å². The molecule has 0 fully saturated rings. The van der Waals surface area contributed by atoms with E-state index in [-0.39, 0.29) is 6.54 Å². The summed E-state index contributed by atoms with van der Waals surface area (Å²) in [6.07, 6.45) is -4.04. The summed E-state index contributed by atoms with van der Waals surface area (Å²) in [6.45, 7) is 2.63. The molecule has 19 heavy (non-hydrogen) atoms. The molecule has 0 saturated heterocycles. The molecule has 0 aromatic heterocycles. The van der Waals surface area contributed by atoms with E-state index in [9.17, 15) is 18.0 Å². The summed E-state index contributed by atoms with van der Waals surface area (Å²) >= 11 is 0. The number of carbonyl (C=O) groups is 1. The zero-order valence-electron chi connectivity index (χ0n) is 10.8. The van der Waals surface area contributed by atoms with Crippen LogP contribution in [-0.2, 0) is 17.8 Å². The third-order valence-electron chi connectivity index (χ3n) is 3.00. The van der Waals surface area contributed by atoms with Crippen molar-refractivity contribution in [2.75, 3.05) is 0 Å². The number of nitrogens with two attached hydrogens (primary N) is 1. The van der Waals surface area contributed by atoms with Crippen LogP contribution in [0.15, 0.2) is 24.3 Å². The highest BCUT2D eigenvalue weighted by Gasteiger charge is 2.53. The third-order valence-corrected chi connectivity index (χ3v) is 3.00. The number of rotatable bonds is 4. The van der Waals surface area contributed by atoms with Gasteiger partial charge in [-0.1, -0.05) is 31.2 Å². The first-order valence-corrected chi connectivity index (χ1v) is 5.90. The molecule has 6 heteroatoms. The molecule has 0 aliphatic heterocycles. The molecule has 3 nitrogen and oxygen atoms in total. The van der Waals surface area contributed by atoms with Gasteiger partial charge in [-0.05, 0) is 24.5 Å². The van der Waals surface area contributed by atoms with E-state index in [4.69, 9.17) is 5.73 Å². The molecular formula is C13H17F3N2O. The zero-order chi connectivity index (χ0) is 14.7. The minimum atomic E-state index is -4.78. The summed E-state index contributed by atoms with van der Waals surface area (Å²) < 4.78 is 37.7. The van der Waals surface area contributed by atoms with Crippen LogP contribution in [0.2, 0.25) is 0 Å². The van der Waals surface area contributed by atoms with Gasteiger partial charge in [0.05, 0.1) is 0 Å². The molecule has 0 aliphatic carbocycles. The number of nitrogens with one attached hydrogen (secondary N) is 1. The van der Waals surface area contributed by atoms with Crippen molar-refractivity contribution < 1.29 is 18.0 Å². The van der Waals surface area contributed by atoms with Crippen LogP contribution >= 0.6 is 0 Å². The standard InChI is InChI=1S/C13H17F3N2O/c1-3-9-6-4-5-7-10(9)8-18-11(19)12(2,17)13(14,15)16/h4-7H,3,8,17H2,1-2H3,(H,18,19). The van der Waals surface area contributed by atoms with Gasteiger partial charge in [0, 0.05) is 6.54 Å². The lowest BCUT2D eigenvalue weighted by Crippen LogP contribution is -2.61. The highest BCUT2D eigenvalue weighted by Crippen LogP contribution is 2.28. The van der Waals surface area contributed by atoms with Gasteiger partial charge in [-0.2, -0.15) is 13.2 Å². The van der Waals surface area contributed by atoms with Crippen LogP contribution in [0, 0.1) is 0 Å². The van der Waals surface area contributed by atoms with Gasteiger partial charge < -0.3 is 11.1 Å². The lowest BCUT2D eigenvalue weighted by molar-refractivity contribution is -0.187. The second-order valence-corrected chi connectivity index (χ2v) is 4.51.